The molecule has 1 aromatic rings. The highest BCUT2D eigenvalue weighted by Gasteiger charge is 2.53. The number of hydrogen-bond acceptors (Lipinski definition) is 3. The van der Waals surface area contributed by atoms with Crippen LogP contribution in [0.5, 0.6) is 0 Å². The first-order valence-electron chi connectivity index (χ1n) is 4.39. The zero-order chi connectivity index (χ0) is 9.00. The number of benzene rings is 1. The lowest BCUT2D eigenvalue weighted by Gasteiger charge is -2.22. The Kier molecular flexibility index (Phi) is 1.34. The number of rotatable bonds is 0. The minimum atomic E-state index is -0.792. The lowest BCUT2D eigenvalue weighted by molar-refractivity contribution is -0.00000488. The maximum absolute atomic E-state index is 9.70. The standard InChI is InChI=1S/C10H10O3/c11-7-5-3-1-2-4-6(5)9-10(13-9)8(7)12/h1-4,7-12H. The zero-order valence-corrected chi connectivity index (χ0v) is 6.92. The molecule has 0 saturated carbocycles. The summed E-state index contributed by atoms with van der Waals surface area (Å²) in [6.07, 6.45) is -1.74. The molecule has 13 heavy (non-hydrogen) atoms. The van der Waals surface area contributed by atoms with Crippen molar-refractivity contribution in [2.24, 2.45) is 0 Å². The summed E-state index contributed by atoms with van der Waals surface area (Å²) < 4.78 is 5.28. The van der Waals surface area contributed by atoms with Gasteiger partial charge in [0.2, 0.25) is 0 Å². The summed E-state index contributed by atoms with van der Waals surface area (Å²) in [6.45, 7) is 0. The zero-order valence-electron chi connectivity index (χ0n) is 6.92. The van der Waals surface area contributed by atoms with Gasteiger partial charge in [-0.3, -0.25) is 0 Å². The van der Waals surface area contributed by atoms with Crippen molar-refractivity contribution in [2.75, 3.05) is 0 Å². The molecule has 0 amide bonds. The second-order valence-corrected chi connectivity index (χ2v) is 3.59. The number of hydrogen-bond donors (Lipinski definition) is 2. The number of epoxide rings is 1. The van der Waals surface area contributed by atoms with Crippen molar-refractivity contribution >= 4 is 0 Å². The largest absolute Gasteiger partial charge is 0.387 e. The summed E-state index contributed by atoms with van der Waals surface area (Å²) in [6, 6.07) is 7.55. The molecular formula is C10H10O3. The van der Waals surface area contributed by atoms with Gasteiger partial charge in [0.1, 0.15) is 24.4 Å². The van der Waals surface area contributed by atoms with Crippen molar-refractivity contribution in [3.8, 4) is 0 Å². The Morgan fingerprint density at radius 3 is 2.54 bits per heavy atom. The molecule has 0 radical (unpaired) electrons. The highest BCUT2D eigenvalue weighted by Crippen LogP contribution is 2.50. The van der Waals surface area contributed by atoms with Crippen molar-refractivity contribution < 1.29 is 14.9 Å². The van der Waals surface area contributed by atoms with Crippen LogP contribution in [0.15, 0.2) is 24.3 Å². The van der Waals surface area contributed by atoms with E-state index < -0.39 is 12.2 Å². The molecule has 3 nitrogen and oxygen atoms in total. The van der Waals surface area contributed by atoms with Crippen LogP contribution >= 0.6 is 0 Å². The summed E-state index contributed by atoms with van der Waals surface area (Å²) in [7, 11) is 0. The van der Waals surface area contributed by atoms with Crippen LogP contribution in [0.1, 0.15) is 23.3 Å². The smallest absolute Gasteiger partial charge is 0.118 e. The Labute approximate surface area is 75.6 Å². The lowest BCUT2D eigenvalue weighted by atomic mass is 9.88. The van der Waals surface area contributed by atoms with Gasteiger partial charge in [-0.15, -0.1) is 0 Å². The second kappa shape index (κ2) is 2.32. The van der Waals surface area contributed by atoms with Crippen LogP contribution in [0.3, 0.4) is 0 Å². The van der Waals surface area contributed by atoms with Gasteiger partial charge in [-0.05, 0) is 11.1 Å². The molecule has 0 spiro atoms. The van der Waals surface area contributed by atoms with Crippen LogP contribution in [-0.4, -0.2) is 22.4 Å². The number of aliphatic hydroxyl groups excluding tert-OH is 2. The molecule has 1 saturated heterocycles. The Balaban J connectivity index is 2.14. The van der Waals surface area contributed by atoms with Gasteiger partial charge in [0.05, 0.1) is 0 Å². The fraction of sp³-hybridized carbons (Fsp3) is 0.400. The van der Waals surface area contributed by atoms with E-state index in [0.29, 0.717) is 0 Å². The Morgan fingerprint density at radius 2 is 1.77 bits per heavy atom. The van der Waals surface area contributed by atoms with Crippen LogP contribution in [-0.2, 0) is 4.74 Å². The van der Waals surface area contributed by atoms with Crippen LogP contribution in [0.2, 0.25) is 0 Å². The molecule has 2 N–H and O–H groups in total. The molecule has 3 rings (SSSR count). The number of ether oxygens (including phenoxy) is 1. The normalized spacial score (nSPS) is 40.8. The van der Waals surface area contributed by atoms with Crippen molar-refractivity contribution in [1.29, 1.82) is 0 Å². The van der Waals surface area contributed by atoms with Crippen LogP contribution in [0.4, 0.5) is 0 Å². The van der Waals surface area contributed by atoms with Gasteiger partial charge in [0, 0.05) is 0 Å². The van der Waals surface area contributed by atoms with Crippen molar-refractivity contribution in [3.05, 3.63) is 35.4 Å². The maximum Gasteiger partial charge on any atom is 0.118 e. The van der Waals surface area contributed by atoms with E-state index in [1.807, 2.05) is 24.3 Å². The molecule has 4 unspecified atom stereocenters. The van der Waals surface area contributed by atoms with E-state index in [9.17, 15) is 10.2 Å². The molecule has 0 bridgehead atoms. The lowest BCUT2D eigenvalue weighted by Crippen LogP contribution is -2.28. The first kappa shape index (κ1) is 7.50. The monoisotopic (exact) mass is 178 g/mol. The van der Waals surface area contributed by atoms with Gasteiger partial charge in [0.25, 0.3) is 0 Å². The van der Waals surface area contributed by atoms with E-state index in [2.05, 4.69) is 0 Å². The minimum absolute atomic E-state index is 0.00889. The number of aliphatic hydroxyl groups is 2. The first-order chi connectivity index (χ1) is 6.29. The molecule has 1 aromatic carbocycles. The Bertz CT molecular complexity index is 350. The summed E-state index contributed by atoms with van der Waals surface area (Å²) in [5.41, 5.74) is 1.82. The molecule has 1 aliphatic carbocycles. The SMILES string of the molecule is OC1c2ccccc2C2OC2C1O. The predicted octanol–water partition coefficient (Wildman–Crippen LogP) is 0.534. The molecular weight excluding hydrogens is 168 g/mol. The molecule has 1 fully saturated rings. The van der Waals surface area contributed by atoms with E-state index in [4.69, 9.17) is 4.74 Å². The topological polar surface area (TPSA) is 53.0 Å². The van der Waals surface area contributed by atoms with Gasteiger partial charge >= 0.3 is 0 Å². The van der Waals surface area contributed by atoms with Crippen LogP contribution in [0.25, 0.3) is 0 Å². The molecule has 1 aliphatic heterocycles. The Morgan fingerprint density at radius 1 is 1.08 bits per heavy atom. The highest BCUT2D eigenvalue weighted by molar-refractivity contribution is 5.38. The van der Waals surface area contributed by atoms with Crippen molar-refractivity contribution in [3.63, 3.8) is 0 Å². The third kappa shape index (κ3) is 0.892. The van der Waals surface area contributed by atoms with E-state index in [0.717, 1.165) is 11.1 Å². The van der Waals surface area contributed by atoms with Gasteiger partial charge < -0.3 is 14.9 Å². The summed E-state index contributed by atoms with van der Waals surface area (Å²) in [5, 5.41) is 19.3. The molecule has 0 aromatic heterocycles. The molecule has 68 valence electrons. The fourth-order valence-electron chi connectivity index (χ4n) is 2.04. The summed E-state index contributed by atoms with van der Waals surface area (Å²) >= 11 is 0. The van der Waals surface area contributed by atoms with Gasteiger partial charge in [0.15, 0.2) is 0 Å². The van der Waals surface area contributed by atoms with Gasteiger partial charge in [-0.25, -0.2) is 0 Å². The molecule has 3 heteroatoms. The average Bonchev–Trinajstić information content (AvgIpc) is 2.94. The quantitative estimate of drug-likeness (QED) is 0.570. The van der Waals surface area contributed by atoms with Crippen molar-refractivity contribution in [1.82, 2.24) is 0 Å². The maximum atomic E-state index is 9.70. The predicted molar refractivity (Wildman–Crippen MR) is 45.0 cm³/mol. The fourth-order valence-corrected chi connectivity index (χ4v) is 2.04. The highest BCUT2D eigenvalue weighted by atomic mass is 16.6. The van der Waals surface area contributed by atoms with E-state index in [1.54, 1.807) is 0 Å². The molecule has 2 aliphatic rings. The number of fused-ring (bicyclic) bond motifs is 3. The van der Waals surface area contributed by atoms with Crippen molar-refractivity contribution in [2.45, 2.75) is 24.4 Å². The first-order valence-corrected chi connectivity index (χ1v) is 4.39. The third-order valence-corrected chi connectivity index (χ3v) is 2.81. The van der Waals surface area contributed by atoms with E-state index in [1.165, 1.54) is 0 Å². The third-order valence-electron chi connectivity index (χ3n) is 2.81. The van der Waals surface area contributed by atoms with E-state index in [-0.39, 0.29) is 12.2 Å². The summed E-state index contributed by atoms with van der Waals surface area (Å²) in [5.74, 6) is 0. The minimum Gasteiger partial charge on any atom is -0.387 e. The molecule has 4 atom stereocenters. The average molecular weight is 178 g/mol. The summed E-state index contributed by atoms with van der Waals surface area (Å²) in [4.78, 5) is 0. The van der Waals surface area contributed by atoms with E-state index >= 15 is 0 Å². The van der Waals surface area contributed by atoms with Gasteiger partial charge in [-0.1, -0.05) is 24.3 Å². The van der Waals surface area contributed by atoms with Gasteiger partial charge in [-0.2, -0.15) is 0 Å². The van der Waals surface area contributed by atoms with Crippen LogP contribution < -0.4 is 0 Å². The molecule has 1 heterocycles. The second-order valence-electron chi connectivity index (χ2n) is 3.59. The Hall–Kier alpha value is -0.900. The van der Waals surface area contributed by atoms with Crippen LogP contribution in [0, 0.1) is 0 Å².